The van der Waals surface area contributed by atoms with E-state index in [2.05, 4.69) is 29.6 Å². The Balaban J connectivity index is 1.38. The first-order valence-corrected chi connectivity index (χ1v) is 9.22. The predicted octanol–water partition coefficient (Wildman–Crippen LogP) is 3.81. The smallest absolute Gasteiger partial charge is 0.374 e. The number of benzene rings is 2. The third-order valence-corrected chi connectivity index (χ3v) is 4.69. The molecule has 0 bridgehead atoms. The fraction of sp³-hybridized carbons (Fsp3) is 0.200. The Labute approximate surface area is 155 Å². The van der Waals surface area contributed by atoms with Crippen molar-refractivity contribution in [3.05, 3.63) is 65.9 Å². The summed E-state index contributed by atoms with van der Waals surface area (Å²) in [6.07, 6.45) is 0. The van der Waals surface area contributed by atoms with Crippen LogP contribution >= 0.6 is 11.8 Å². The van der Waals surface area contributed by atoms with Crippen LogP contribution in [0, 0.1) is 6.92 Å². The molecule has 26 heavy (non-hydrogen) atoms. The SMILES string of the molecule is Cc1ccc(SCCNC(=O)COC(=O)c2cc3ccccc3o2)cc1. The van der Waals surface area contributed by atoms with Gasteiger partial charge in [-0.25, -0.2) is 4.79 Å². The molecule has 0 aliphatic heterocycles. The molecule has 5 nitrogen and oxygen atoms in total. The molecule has 1 N–H and O–H groups in total. The zero-order chi connectivity index (χ0) is 18.4. The van der Waals surface area contributed by atoms with E-state index in [1.54, 1.807) is 23.9 Å². The highest BCUT2D eigenvalue weighted by Gasteiger charge is 2.15. The van der Waals surface area contributed by atoms with E-state index in [0.29, 0.717) is 12.1 Å². The quantitative estimate of drug-likeness (QED) is 0.390. The highest BCUT2D eigenvalue weighted by Crippen LogP contribution is 2.19. The van der Waals surface area contributed by atoms with Gasteiger partial charge in [0.15, 0.2) is 6.61 Å². The second-order valence-corrected chi connectivity index (χ2v) is 6.90. The molecular formula is C20H19NO4S. The molecule has 0 radical (unpaired) electrons. The average Bonchev–Trinajstić information content (AvgIpc) is 3.09. The number of rotatable bonds is 7. The van der Waals surface area contributed by atoms with Gasteiger partial charge in [-0.2, -0.15) is 0 Å². The summed E-state index contributed by atoms with van der Waals surface area (Å²) in [5.74, 6) is -0.148. The molecule has 3 rings (SSSR count). The van der Waals surface area contributed by atoms with E-state index < -0.39 is 5.97 Å². The van der Waals surface area contributed by atoms with Crippen LogP contribution in [0.4, 0.5) is 0 Å². The van der Waals surface area contributed by atoms with Crippen molar-refractivity contribution in [1.29, 1.82) is 0 Å². The second-order valence-electron chi connectivity index (χ2n) is 5.74. The normalized spacial score (nSPS) is 10.7. The monoisotopic (exact) mass is 369 g/mol. The molecule has 0 fully saturated rings. The molecule has 6 heteroatoms. The summed E-state index contributed by atoms with van der Waals surface area (Å²) in [6, 6.07) is 17.1. The maximum absolute atomic E-state index is 12.0. The Kier molecular flexibility index (Phi) is 5.96. The third-order valence-electron chi connectivity index (χ3n) is 3.68. The molecule has 0 saturated carbocycles. The van der Waals surface area contributed by atoms with E-state index in [1.165, 1.54) is 5.56 Å². The van der Waals surface area contributed by atoms with Crippen LogP contribution in [0.1, 0.15) is 16.1 Å². The van der Waals surface area contributed by atoms with Crippen LogP contribution in [0.15, 0.2) is 63.9 Å². The van der Waals surface area contributed by atoms with E-state index in [1.807, 2.05) is 25.1 Å². The Hall–Kier alpha value is -2.73. The number of amides is 1. The predicted molar refractivity (Wildman–Crippen MR) is 101 cm³/mol. The third kappa shape index (κ3) is 4.89. The lowest BCUT2D eigenvalue weighted by Crippen LogP contribution is -2.30. The molecular weight excluding hydrogens is 350 g/mol. The number of para-hydroxylation sites is 1. The standard InChI is InChI=1S/C20H19NO4S/c1-14-6-8-16(9-7-14)26-11-10-21-19(22)13-24-20(23)18-12-15-4-2-3-5-17(15)25-18/h2-9,12H,10-11,13H2,1H3,(H,21,22). The van der Waals surface area contributed by atoms with Crippen molar-refractivity contribution in [2.45, 2.75) is 11.8 Å². The number of hydrogen-bond acceptors (Lipinski definition) is 5. The van der Waals surface area contributed by atoms with E-state index in [4.69, 9.17) is 9.15 Å². The van der Waals surface area contributed by atoms with Crippen molar-refractivity contribution in [3.8, 4) is 0 Å². The van der Waals surface area contributed by atoms with Gasteiger partial charge in [0.05, 0.1) is 0 Å². The maximum Gasteiger partial charge on any atom is 0.374 e. The zero-order valence-corrected chi connectivity index (χ0v) is 15.2. The highest BCUT2D eigenvalue weighted by molar-refractivity contribution is 7.99. The van der Waals surface area contributed by atoms with Crippen molar-refractivity contribution >= 4 is 34.6 Å². The summed E-state index contributed by atoms with van der Waals surface area (Å²) in [5.41, 5.74) is 1.82. The first-order valence-electron chi connectivity index (χ1n) is 8.24. The average molecular weight is 369 g/mol. The van der Waals surface area contributed by atoms with Gasteiger partial charge in [0.2, 0.25) is 5.76 Å². The van der Waals surface area contributed by atoms with Crippen molar-refractivity contribution in [3.63, 3.8) is 0 Å². The van der Waals surface area contributed by atoms with Gasteiger partial charge < -0.3 is 14.5 Å². The van der Waals surface area contributed by atoms with Gasteiger partial charge in [0, 0.05) is 22.6 Å². The van der Waals surface area contributed by atoms with Gasteiger partial charge in [0.25, 0.3) is 5.91 Å². The van der Waals surface area contributed by atoms with Gasteiger partial charge in [-0.1, -0.05) is 35.9 Å². The number of hydrogen-bond donors (Lipinski definition) is 1. The van der Waals surface area contributed by atoms with Crippen LogP contribution in [-0.2, 0) is 9.53 Å². The van der Waals surface area contributed by atoms with Crippen LogP contribution in [0.5, 0.6) is 0 Å². The van der Waals surface area contributed by atoms with Gasteiger partial charge in [0.1, 0.15) is 5.58 Å². The number of fused-ring (bicyclic) bond motifs is 1. The molecule has 0 unspecified atom stereocenters. The first kappa shape index (κ1) is 18.1. The number of carbonyl (C=O) groups is 2. The minimum absolute atomic E-state index is 0.0916. The number of ether oxygens (including phenoxy) is 1. The number of furan rings is 1. The molecule has 0 aliphatic carbocycles. The summed E-state index contributed by atoms with van der Waals surface area (Å²) in [5, 5.41) is 3.55. The number of nitrogens with one attached hydrogen (secondary N) is 1. The van der Waals surface area contributed by atoms with Gasteiger partial charge in [-0.05, 0) is 31.2 Å². The van der Waals surface area contributed by atoms with Crippen molar-refractivity contribution in [1.82, 2.24) is 5.32 Å². The Morgan fingerprint density at radius 1 is 1.12 bits per heavy atom. The van der Waals surface area contributed by atoms with E-state index in [-0.39, 0.29) is 18.3 Å². The first-order chi connectivity index (χ1) is 12.6. The highest BCUT2D eigenvalue weighted by atomic mass is 32.2. The summed E-state index contributed by atoms with van der Waals surface area (Å²) in [6.45, 7) is 2.21. The number of esters is 1. The molecule has 134 valence electrons. The minimum atomic E-state index is -0.648. The minimum Gasteiger partial charge on any atom is -0.450 e. The lowest BCUT2D eigenvalue weighted by Gasteiger charge is -2.06. The Bertz CT molecular complexity index is 869. The molecule has 1 heterocycles. The van der Waals surface area contributed by atoms with E-state index >= 15 is 0 Å². The summed E-state index contributed by atoms with van der Waals surface area (Å²) < 4.78 is 10.4. The van der Waals surface area contributed by atoms with Crippen molar-refractivity contribution in [2.24, 2.45) is 0 Å². The molecule has 3 aromatic rings. The van der Waals surface area contributed by atoms with Crippen LogP contribution in [-0.4, -0.2) is 30.8 Å². The van der Waals surface area contributed by atoms with Gasteiger partial charge in [-0.15, -0.1) is 11.8 Å². The summed E-state index contributed by atoms with van der Waals surface area (Å²) >= 11 is 1.66. The van der Waals surface area contributed by atoms with E-state index in [0.717, 1.165) is 16.0 Å². The largest absolute Gasteiger partial charge is 0.450 e. The Morgan fingerprint density at radius 3 is 2.65 bits per heavy atom. The number of thioether (sulfide) groups is 1. The van der Waals surface area contributed by atoms with Crippen LogP contribution in [0.2, 0.25) is 0 Å². The van der Waals surface area contributed by atoms with Crippen LogP contribution in [0.25, 0.3) is 11.0 Å². The summed E-state index contributed by atoms with van der Waals surface area (Å²) in [7, 11) is 0. The fourth-order valence-corrected chi connectivity index (χ4v) is 3.10. The molecule has 1 amide bonds. The molecule has 0 aliphatic rings. The summed E-state index contributed by atoms with van der Waals surface area (Å²) in [4.78, 5) is 24.9. The molecule has 0 saturated heterocycles. The van der Waals surface area contributed by atoms with Crippen molar-refractivity contribution < 1.29 is 18.7 Å². The Morgan fingerprint density at radius 2 is 1.88 bits per heavy atom. The molecule has 2 aromatic carbocycles. The number of aryl methyl sites for hydroxylation is 1. The number of carbonyl (C=O) groups excluding carboxylic acids is 2. The van der Waals surface area contributed by atoms with E-state index in [9.17, 15) is 9.59 Å². The van der Waals surface area contributed by atoms with Crippen LogP contribution < -0.4 is 5.32 Å². The zero-order valence-electron chi connectivity index (χ0n) is 14.4. The fourth-order valence-electron chi connectivity index (χ4n) is 2.33. The lowest BCUT2D eigenvalue weighted by atomic mass is 10.2. The lowest BCUT2D eigenvalue weighted by molar-refractivity contribution is -0.124. The second kappa shape index (κ2) is 8.58. The maximum atomic E-state index is 12.0. The topological polar surface area (TPSA) is 68.5 Å². The van der Waals surface area contributed by atoms with Crippen molar-refractivity contribution in [2.75, 3.05) is 18.9 Å². The van der Waals surface area contributed by atoms with Crippen LogP contribution in [0.3, 0.4) is 0 Å². The molecule has 1 aromatic heterocycles. The molecule has 0 atom stereocenters. The van der Waals surface area contributed by atoms with Gasteiger partial charge >= 0.3 is 5.97 Å². The molecule has 0 spiro atoms. The van der Waals surface area contributed by atoms with Gasteiger partial charge in [-0.3, -0.25) is 4.79 Å².